The lowest BCUT2D eigenvalue weighted by molar-refractivity contribution is -0.183. The highest BCUT2D eigenvalue weighted by atomic mass is 35.5. The van der Waals surface area contributed by atoms with Crippen LogP contribution >= 0.6 is 12.4 Å². The van der Waals surface area contributed by atoms with Crippen LogP contribution in [0, 0.1) is 0 Å². The monoisotopic (exact) mass is 411 g/mol. The second kappa shape index (κ2) is 11.3. The van der Waals surface area contributed by atoms with Gasteiger partial charge in [0.15, 0.2) is 0 Å². The fourth-order valence-corrected chi connectivity index (χ4v) is 2.68. The fraction of sp³-hybridized carbons (Fsp3) is 0.588. The quantitative estimate of drug-likeness (QED) is 0.638. The van der Waals surface area contributed by atoms with E-state index >= 15 is 0 Å². The number of alkyl halides is 3. The van der Waals surface area contributed by atoms with Crippen LogP contribution in [-0.2, 0) is 4.74 Å². The molecule has 154 valence electrons. The Hall–Kier alpha value is -1.55. The number of rotatable bonds is 8. The molecule has 0 bridgehead atoms. The highest BCUT2D eigenvalue weighted by molar-refractivity contribution is 5.94. The van der Waals surface area contributed by atoms with Gasteiger partial charge in [-0.2, -0.15) is 13.2 Å². The van der Waals surface area contributed by atoms with Crippen LogP contribution in [0.1, 0.15) is 10.4 Å². The predicted molar refractivity (Wildman–Crippen MR) is 97.7 cm³/mol. The topological polar surface area (TPSA) is 62.8 Å². The molecular formula is C17H25ClF3N3O3. The van der Waals surface area contributed by atoms with Crippen molar-refractivity contribution in [2.24, 2.45) is 0 Å². The Morgan fingerprint density at radius 1 is 1.22 bits per heavy atom. The average Bonchev–Trinajstić information content (AvgIpc) is 2.62. The molecule has 1 aliphatic heterocycles. The summed E-state index contributed by atoms with van der Waals surface area (Å²) in [5.41, 5.74) is 0.283. The Morgan fingerprint density at radius 2 is 1.85 bits per heavy atom. The maximum atomic E-state index is 13.3. The first-order chi connectivity index (χ1) is 12.4. The van der Waals surface area contributed by atoms with E-state index in [0.29, 0.717) is 45.1 Å². The van der Waals surface area contributed by atoms with Gasteiger partial charge in [-0.15, -0.1) is 12.4 Å². The SMILES string of the molecule is COCCOc1ccc(C(=O)NCC(N2CCNCC2)C(F)(F)F)cc1.Cl. The van der Waals surface area contributed by atoms with E-state index in [0.717, 1.165) is 0 Å². The first-order valence-corrected chi connectivity index (χ1v) is 8.43. The number of hydrogen-bond acceptors (Lipinski definition) is 5. The second-order valence-electron chi connectivity index (χ2n) is 5.92. The van der Waals surface area contributed by atoms with E-state index in [1.807, 2.05) is 0 Å². The summed E-state index contributed by atoms with van der Waals surface area (Å²) in [5, 5.41) is 5.41. The molecule has 1 aromatic carbocycles. The third-order valence-corrected chi connectivity index (χ3v) is 4.10. The standard InChI is InChI=1S/C17H24F3N3O3.ClH/c1-25-10-11-26-14-4-2-13(3-5-14)16(24)22-12-15(17(18,19)20)23-8-6-21-7-9-23;/h2-5,15,21H,6-12H2,1H3,(H,22,24);1H. The molecule has 1 unspecified atom stereocenters. The summed E-state index contributed by atoms with van der Waals surface area (Å²) in [6.45, 7) is 1.94. The van der Waals surface area contributed by atoms with Crippen molar-refractivity contribution in [1.82, 2.24) is 15.5 Å². The molecule has 1 saturated heterocycles. The number of methoxy groups -OCH3 is 1. The Balaban J connectivity index is 0.00000364. The molecule has 1 fully saturated rings. The number of nitrogens with one attached hydrogen (secondary N) is 2. The van der Waals surface area contributed by atoms with Crippen molar-refractivity contribution in [3.63, 3.8) is 0 Å². The van der Waals surface area contributed by atoms with Gasteiger partial charge in [0.2, 0.25) is 0 Å². The van der Waals surface area contributed by atoms with Gasteiger partial charge in [0, 0.05) is 45.4 Å². The van der Waals surface area contributed by atoms with Crippen molar-refractivity contribution >= 4 is 18.3 Å². The summed E-state index contributed by atoms with van der Waals surface area (Å²) >= 11 is 0. The van der Waals surface area contributed by atoms with Gasteiger partial charge in [-0.05, 0) is 24.3 Å². The molecule has 0 spiro atoms. The van der Waals surface area contributed by atoms with E-state index in [1.165, 1.54) is 17.0 Å². The number of hydrogen-bond donors (Lipinski definition) is 2. The summed E-state index contributed by atoms with van der Waals surface area (Å²) < 4.78 is 50.2. The molecule has 0 aromatic heterocycles. The van der Waals surface area contributed by atoms with Gasteiger partial charge in [0.25, 0.3) is 5.91 Å². The Morgan fingerprint density at radius 3 is 2.41 bits per heavy atom. The number of nitrogens with zero attached hydrogens (tertiary/aromatic N) is 1. The molecule has 0 saturated carbocycles. The minimum atomic E-state index is -4.40. The molecule has 1 heterocycles. The summed E-state index contributed by atoms with van der Waals surface area (Å²) in [6, 6.07) is 4.55. The van der Waals surface area contributed by atoms with Crippen LogP contribution < -0.4 is 15.4 Å². The predicted octanol–water partition coefficient (Wildman–Crippen LogP) is 1.70. The summed E-state index contributed by atoms with van der Waals surface area (Å²) in [5.74, 6) is 0.0189. The Labute approximate surface area is 162 Å². The van der Waals surface area contributed by atoms with E-state index < -0.39 is 24.7 Å². The lowest BCUT2D eigenvalue weighted by Gasteiger charge is -2.35. The highest BCUT2D eigenvalue weighted by Crippen LogP contribution is 2.25. The minimum absolute atomic E-state index is 0. The molecule has 2 rings (SSSR count). The van der Waals surface area contributed by atoms with Crippen molar-refractivity contribution in [1.29, 1.82) is 0 Å². The average molecular weight is 412 g/mol. The van der Waals surface area contributed by atoms with E-state index in [-0.39, 0.29) is 18.0 Å². The van der Waals surface area contributed by atoms with Crippen LogP contribution in [0.4, 0.5) is 13.2 Å². The van der Waals surface area contributed by atoms with Gasteiger partial charge in [-0.3, -0.25) is 9.69 Å². The lowest BCUT2D eigenvalue weighted by atomic mass is 10.1. The number of ether oxygens (including phenoxy) is 2. The molecule has 0 radical (unpaired) electrons. The summed E-state index contributed by atoms with van der Waals surface area (Å²) in [6.07, 6.45) is -4.40. The number of amides is 1. The molecule has 1 aliphatic rings. The zero-order valence-electron chi connectivity index (χ0n) is 15.1. The van der Waals surface area contributed by atoms with Crippen LogP contribution in [0.3, 0.4) is 0 Å². The number of piperazine rings is 1. The first-order valence-electron chi connectivity index (χ1n) is 8.43. The normalized spacial score (nSPS) is 16.3. The Kier molecular flexibility index (Phi) is 9.86. The smallest absolute Gasteiger partial charge is 0.405 e. The zero-order chi connectivity index (χ0) is 19.0. The number of benzene rings is 1. The first kappa shape index (κ1) is 23.5. The van der Waals surface area contributed by atoms with E-state index in [2.05, 4.69) is 10.6 Å². The lowest BCUT2D eigenvalue weighted by Crippen LogP contribution is -2.57. The fourth-order valence-electron chi connectivity index (χ4n) is 2.68. The van der Waals surface area contributed by atoms with Gasteiger partial charge < -0.3 is 20.1 Å². The van der Waals surface area contributed by atoms with Gasteiger partial charge >= 0.3 is 6.18 Å². The molecule has 2 N–H and O–H groups in total. The van der Waals surface area contributed by atoms with E-state index in [9.17, 15) is 18.0 Å². The Bertz CT molecular complexity index is 567. The van der Waals surface area contributed by atoms with Crippen LogP contribution in [0.2, 0.25) is 0 Å². The van der Waals surface area contributed by atoms with E-state index in [1.54, 1.807) is 19.2 Å². The van der Waals surface area contributed by atoms with Crippen molar-refractivity contribution < 1.29 is 27.4 Å². The van der Waals surface area contributed by atoms with Crippen molar-refractivity contribution in [3.05, 3.63) is 29.8 Å². The maximum Gasteiger partial charge on any atom is 0.405 e. The van der Waals surface area contributed by atoms with Gasteiger partial charge in [0.05, 0.1) is 6.61 Å². The third kappa shape index (κ3) is 7.53. The molecular weight excluding hydrogens is 387 g/mol. The van der Waals surface area contributed by atoms with Crippen molar-refractivity contribution in [3.8, 4) is 5.75 Å². The maximum absolute atomic E-state index is 13.3. The van der Waals surface area contributed by atoms with Gasteiger partial charge in [0.1, 0.15) is 18.4 Å². The largest absolute Gasteiger partial charge is 0.491 e. The molecule has 1 aromatic rings. The molecule has 1 amide bonds. The summed E-state index contributed by atoms with van der Waals surface area (Å²) in [7, 11) is 1.56. The number of halogens is 4. The third-order valence-electron chi connectivity index (χ3n) is 4.10. The zero-order valence-corrected chi connectivity index (χ0v) is 15.9. The summed E-state index contributed by atoms with van der Waals surface area (Å²) in [4.78, 5) is 13.5. The van der Waals surface area contributed by atoms with Crippen LogP contribution in [0.25, 0.3) is 0 Å². The minimum Gasteiger partial charge on any atom is -0.491 e. The number of carbonyl (C=O) groups is 1. The molecule has 6 nitrogen and oxygen atoms in total. The molecule has 1 atom stereocenters. The van der Waals surface area contributed by atoms with Gasteiger partial charge in [-0.1, -0.05) is 0 Å². The molecule has 27 heavy (non-hydrogen) atoms. The van der Waals surface area contributed by atoms with E-state index in [4.69, 9.17) is 9.47 Å². The number of carbonyl (C=O) groups excluding carboxylic acids is 1. The molecule has 10 heteroatoms. The van der Waals surface area contributed by atoms with Crippen LogP contribution in [-0.4, -0.2) is 76.1 Å². The van der Waals surface area contributed by atoms with Crippen molar-refractivity contribution in [2.75, 3.05) is 53.0 Å². The van der Waals surface area contributed by atoms with Crippen molar-refractivity contribution in [2.45, 2.75) is 12.2 Å². The second-order valence-corrected chi connectivity index (χ2v) is 5.92. The highest BCUT2D eigenvalue weighted by Gasteiger charge is 2.43. The molecule has 0 aliphatic carbocycles. The van der Waals surface area contributed by atoms with Gasteiger partial charge in [-0.25, -0.2) is 0 Å². The van der Waals surface area contributed by atoms with Crippen LogP contribution in [0.5, 0.6) is 5.75 Å². The van der Waals surface area contributed by atoms with Crippen LogP contribution in [0.15, 0.2) is 24.3 Å².